The van der Waals surface area contributed by atoms with Gasteiger partial charge in [-0.25, -0.2) is 9.78 Å². The maximum atomic E-state index is 12.2. The standard InChI is InChI=1S/C11H7F3N2O4/c1-19-9(17)7-5(16-10(18)11(12,13)14)2-3-6-8(7)15-4-20-6/h2-4H,1H3,(H,16,18). The van der Waals surface area contributed by atoms with Crippen molar-refractivity contribution in [2.75, 3.05) is 12.4 Å². The molecular weight excluding hydrogens is 281 g/mol. The van der Waals surface area contributed by atoms with E-state index < -0.39 is 18.1 Å². The van der Waals surface area contributed by atoms with E-state index in [1.54, 1.807) is 5.32 Å². The number of nitrogens with one attached hydrogen (secondary N) is 1. The lowest BCUT2D eigenvalue weighted by Crippen LogP contribution is -2.30. The normalized spacial score (nSPS) is 11.4. The molecule has 106 valence electrons. The van der Waals surface area contributed by atoms with E-state index in [-0.39, 0.29) is 22.4 Å². The van der Waals surface area contributed by atoms with Crippen LogP contribution in [0, 0.1) is 0 Å². The first-order chi connectivity index (χ1) is 9.34. The van der Waals surface area contributed by atoms with E-state index in [9.17, 15) is 22.8 Å². The molecule has 0 atom stereocenters. The quantitative estimate of drug-likeness (QED) is 0.856. The van der Waals surface area contributed by atoms with Gasteiger partial charge in [-0.1, -0.05) is 0 Å². The van der Waals surface area contributed by atoms with Gasteiger partial charge < -0.3 is 14.5 Å². The van der Waals surface area contributed by atoms with Gasteiger partial charge in [0, 0.05) is 0 Å². The Kier molecular flexibility index (Phi) is 3.35. The van der Waals surface area contributed by atoms with E-state index in [0.717, 1.165) is 19.6 Å². The first-order valence-electron chi connectivity index (χ1n) is 5.17. The number of ether oxygens (including phenoxy) is 1. The van der Waals surface area contributed by atoms with Crippen LogP contribution in [-0.2, 0) is 9.53 Å². The smallest absolute Gasteiger partial charge is 0.465 e. The van der Waals surface area contributed by atoms with E-state index >= 15 is 0 Å². The number of methoxy groups -OCH3 is 1. The van der Waals surface area contributed by atoms with Gasteiger partial charge in [0.15, 0.2) is 12.0 Å². The molecule has 2 rings (SSSR count). The number of aromatic nitrogens is 1. The molecular formula is C11H7F3N2O4. The van der Waals surface area contributed by atoms with Crippen LogP contribution < -0.4 is 5.32 Å². The minimum absolute atomic E-state index is 0.00294. The third-order valence-corrected chi connectivity index (χ3v) is 2.40. The summed E-state index contributed by atoms with van der Waals surface area (Å²) in [5.41, 5.74) is -0.496. The Morgan fingerprint density at radius 1 is 1.35 bits per heavy atom. The van der Waals surface area contributed by atoms with Crippen LogP contribution in [0.25, 0.3) is 11.1 Å². The SMILES string of the molecule is COC(=O)c1c(NC(=O)C(F)(F)F)ccc2ocnc12. The number of benzene rings is 1. The van der Waals surface area contributed by atoms with Crippen LogP contribution in [0.3, 0.4) is 0 Å². The third-order valence-electron chi connectivity index (χ3n) is 2.40. The molecule has 0 radical (unpaired) electrons. The summed E-state index contributed by atoms with van der Waals surface area (Å²) in [6.07, 6.45) is -4.06. The molecule has 0 unspecified atom stereocenters. The number of amides is 1. The molecule has 1 heterocycles. The molecule has 0 spiro atoms. The number of carbonyl (C=O) groups is 2. The molecule has 0 aliphatic carbocycles. The predicted octanol–water partition coefficient (Wildman–Crippen LogP) is 2.12. The van der Waals surface area contributed by atoms with Gasteiger partial charge in [0.2, 0.25) is 0 Å². The Morgan fingerprint density at radius 2 is 2.05 bits per heavy atom. The summed E-state index contributed by atoms with van der Waals surface area (Å²) < 4.78 is 46.1. The van der Waals surface area contributed by atoms with Gasteiger partial charge in [-0.15, -0.1) is 0 Å². The van der Waals surface area contributed by atoms with Gasteiger partial charge in [0.1, 0.15) is 11.1 Å². The molecule has 0 saturated heterocycles. The number of hydrogen-bond donors (Lipinski definition) is 1. The van der Waals surface area contributed by atoms with Crippen molar-refractivity contribution >= 4 is 28.7 Å². The Labute approximate surface area is 109 Å². The highest BCUT2D eigenvalue weighted by molar-refractivity contribution is 6.10. The molecule has 0 fully saturated rings. The zero-order valence-corrected chi connectivity index (χ0v) is 9.95. The van der Waals surface area contributed by atoms with E-state index in [0.29, 0.717) is 0 Å². The largest absolute Gasteiger partial charge is 0.471 e. The van der Waals surface area contributed by atoms with Crippen molar-refractivity contribution < 1.29 is 31.9 Å². The molecule has 9 heteroatoms. The van der Waals surface area contributed by atoms with E-state index in [1.165, 1.54) is 6.07 Å². The van der Waals surface area contributed by atoms with Crippen LogP contribution >= 0.6 is 0 Å². The summed E-state index contributed by atoms with van der Waals surface area (Å²) >= 11 is 0. The highest BCUT2D eigenvalue weighted by Gasteiger charge is 2.39. The minimum atomic E-state index is -5.08. The molecule has 2 aromatic rings. The van der Waals surface area contributed by atoms with Crippen molar-refractivity contribution in [2.24, 2.45) is 0 Å². The molecule has 0 bridgehead atoms. The number of alkyl halides is 3. The third kappa shape index (κ3) is 2.42. The lowest BCUT2D eigenvalue weighted by molar-refractivity contribution is -0.167. The van der Waals surface area contributed by atoms with E-state index in [4.69, 9.17) is 4.42 Å². The second-order valence-corrected chi connectivity index (χ2v) is 3.63. The maximum absolute atomic E-state index is 12.2. The Hall–Kier alpha value is -2.58. The van der Waals surface area contributed by atoms with Crippen LogP contribution in [0.1, 0.15) is 10.4 Å². The van der Waals surface area contributed by atoms with Gasteiger partial charge in [-0.05, 0) is 12.1 Å². The molecule has 0 saturated carbocycles. The number of halogens is 3. The Morgan fingerprint density at radius 3 is 2.65 bits per heavy atom. The number of nitrogens with zero attached hydrogens (tertiary/aromatic N) is 1. The van der Waals surface area contributed by atoms with Gasteiger partial charge in [-0.3, -0.25) is 4.79 Å². The van der Waals surface area contributed by atoms with E-state index in [2.05, 4.69) is 9.72 Å². The lowest BCUT2D eigenvalue weighted by atomic mass is 10.1. The first kappa shape index (κ1) is 13.8. The molecule has 20 heavy (non-hydrogen) atoms. The van der Waals surface area contributed by atoms with Crippen molar-refractivity contribution in [3.63, 3.8) is 0 Å². The summed E-state index contributed by atoms with van der Waals surface area (Å²) in [6.45, 7) is 0. The monoisotopic (exact) mass is 288 g/mol. The Balaban J connectivity index is 2.52. The number of hydrogen-bond acceptors (Lipinski definition) is 5. The van der Waals surface area contributed by atoms with Crippen LogP contribution in [0.5, 0.6) is 0 Å². The number of fused-ring (bicyclic) bond motifs is 1. The second-order valence-electron chi connectivity index (χ2n) is 3.63. The maximum Gasteiger partial charge on any atom is 0.471 e. The van der Waals surface area contributed by atoms with Crippen LogP contribution in [-0.4, -0.2) is 30.1 Å². The number of rotatable bonds is 2. The molecule has 1 aromatic carbocycles. The fourth-order valence-corrected chi connectivity index (χ4v) is 1.54. The molecule has 0 aliphatic rings. The fraction of sp³-hybridized carbons (Fsp3) is 0.182. The minimum Gasteiger partial charge on any atom is -0.465 e. The molecule has 1 aromatic heterocycles. The van der Waals surface area contributed by atoms with Crippen LogP contribution in [0.2, 0.25) is 0 Å². The predicted molar refractivity (Wildman–Crippen MR) is 60.0 cm³/mol. The molecule has 0 aliphatic heterocycles. The van der Waals surface area contributed by atoms with Crippen molar-refractivity contribution in [3.8, 4) is 0 Å². The summed E-state index contributed by atoms with van der Waals surface area (Å²) in [5, 5.41) is 1.60. The zero-order chi connectivity index (χ0) is 14.9. The number of oxazole rings is 1. The molecule has 1 amide bonds. The summed E-state index contributed by atoms with van der Waals surface area (Å²) in [6, 6.07) is 2.38. The lowest BCUT2D eigenvalue weighted by Gasteiger charge is -2.11. The second kappa shape index (κ2) is 4.83. The average Bonchev–Trinajstić information content (AvgIpc) is 2.84. The van der Waals surface area contributed by atoms with Gasteiger partial charge >= 0.3 is 18.1 Å². The number of esters is 1. The number of carbonyl (C=O) groups excluding carboxylic acids is 2. The van der Waals surface area contributed by atoms with Crippen molar-refractivity contribution in [1.29, 1.82) is 0 Å². The average molecular weight is 288 g/mol. The van der Waals surface area contributed by atoms with Crippen LogP contribution in [0.15, 0.2) is 22.9 Å². The summed E-state index contributed by atoms with van der Waals surface area (Å²) in [7, 11) is 1.05. The fourth-order valence-electron chi connectivity index (χ4n) is 1.54. The first-order valence-corrected chi connectivity index (χ1v) is 5.17. The van der Waals surface area contributed by atoms with Gasteiger partial charge in [0.25, 0.3) is 0 Å². The van der Waals surface area contributed by atoms with Crippen molar-refractivity contribution in [3.05, 3.63) is 24.1 Å². The van der Waals surface area contributed by atoms with Crippen molar-refractivity contribution in [2.45, 2.75) is 6.18 Å². The highest BCUT2D eigenvalue weighted by Crippen LogP contribution is 2.27. The van der Waals surface area contributed by atoms with Gasteiger partial charge in [-0.2, -0.15) is 13.2 Å². The summed E-state index contributed by atoms with van der Waals surface area (Å²) in [5.74, 6) is -3.15. The molecule has 1 N–H and O–H groups in total. The van der Waals surface area contributed by atoms with Crippen molar-refractivity contribution in [1.82, 2.24) is 4.98 Å². The van der Waals surface area contributed by atoms with Gasteiger partial charge in [0.05, 0.1) is 12.8 Å². The molecule has 6 nitrogen and oxygen atoms in total. The zero-order valence-electron chi connectivity index (χ0n) is 9.95. The topological polar surface area (TPSA) is 81.4 Å². The van der Waals surface area contributed by atoms with E-state index in [1.807, 2.05) is 0 Å². The Bertz CT molecular complexity index is 678. The highest BCUT2D eigenvalue weighted by atomic mass is 19.4. The summed E-state index contributed by atoms with van der Waals surface area (Å²) in [4.78, 5) is 26.3. The van der Waals surface area contributed by atoms with Crippen LogP contribution in [0.4, 0.5) is 18.9 Å². The number of anilines is 1.